The van der Waals surface area contributed by atoms with Gasteiger partial charge in [-0.3, -0.25) is 0 Å². The second-order valence-corrected chi connectivity index (χ2v) is 5.25. The molecule has 1 N–H and O–H groups in total. The lowest BCUT2D eigenvalue weighted by Crippen LogP contribution is -2.19. The van der Waals surface area contributed by atoms with Crippen LogP contribution in [0.25, 0.3) is 0 Å². The third-order valence-corrected chi connectivity index (χ3v) is 3.40. The van der Waals surface area contributed by atoms with Gasteiger partial charge >= 0.3 is 5.97 Å². The number of nitrogens with zero attached hydrogens (tertiary/aromatic N) is 1. The molecule has 1 heterocycles. The van der Waals surface area contributed by atoms with Gasteiger partial charge in [-0.25, -0.2) is 4.79 Å². The molecule has 0 aliphatic carbocycles. The van der Waals surface area contributed by atoms with E-state index in [4.69, 9.17) is 9.84 Å². The van der Waals surface area contributed by atoms with E-state index in [9.17, 15) is 4.79 Å². The number of likely N-dealkylation sites (N-methyl/N-ethyl adjacent to an activating group) is 1. The number of aryl methyl sites for hydroxylation is 1. The zero-order valence-corrected chi connectivity index (χ0v) is 11.3. The Morgan fingerprint density at radius 1 is 1.53 bits per heavy atom. The highest BCUT2D eigenvalue weighted by molar-refractivity contribution is 7.14. The van der Waals surface area contributed by atoms with E-state index < -0.39 is 5.97 Å². The first-order valence-corrected chi connectivity index (χ1v) is 6.49. The molecule has 0 radical (unpaired) electrons. The number of carbonyl (C=O) groups is 1. The molecule has 4 nitrogen and oxygen atoms in total. The molecule has 5 heteroatoms. The van der Waals surface area contributed by atoms with Crippen LogP contribution >= 0.6 is 11.3 Å². The lowest BCUT2D eigenvalue weighted by molar-refractivity contribution is 0.0698. The van der Waals surface area contributed by atoms with Crippen molar-refractivity contribution in [2.24, 2.45) is 0 Å². The first-order valence-electron chi connectivity index (χ1n) is 5.68. The summed E-state index contributed by atoms with van der Waals surface area (Å²) in [5.74, 6) is -0.398. The molecule has 0 atom stereocenters. The van der Waals surface area contributed by atoms with Crippen molar-refractivity contribution in [2.45, 2.75) is 19.8 Å². The maximum absolute atomic E-state index is 11.1. The van der Waals surface area contributed by atoms with Crippen LogP contribution in [-0.2, 0) is 6.42 Å². The monoisotopic (exact) mass is 257 g/mol. The predicted molar refractivity (Wildman–Crippen MR) is 69.3 cm³/mol. The van der Waals surface area contributed by atoms with Crippen LogP contribution in [0, 0.1) is 0 Å². The Balaban J connectivity index is 2.70. The Bertz CT molecular complexity index is 374. The van der Waals surface area contributed by atoms with E-state index in [-0.39, 0.29) is 0 Å². The number of rotatable bonds is 7. The topological polar surface area (TPSA) is 49.8 Å². The molecular weight excluding hydrogens is 238 g/mol. The number of hydrogen-bond donors (Lipinski definition) is 1. The van der Waals surface area contributed by atoms with Crippen LogP contribution in [-0.4, -0.2) is 43.2 Å². The minimum absolute atomic E-state index is 0.312. The second-order valence-electron chi connectivity index (χ2n) is 4.11. The molecule has 0 saturated heterocycles. The standard InChI is InChI=1S/C12H19NO3S/c1-4-5-9-8-10(11(17-9)12(14)15)16-7-6-13(2)3/h8H,4-7H2,1-3H3,(H,14,15). The minimum atomic E-state index is -0.905. The molecule has 1 aromatic heterocycles. The first-order chi connectivity index (χ1) is 8.04. The molecule has 1 rings (SSSR count). The van der Waals surface area contributed by atoms with Crippen molar-refractivity contribution in [3.8, 4) is 5.75 Å². The average Bonchev–Trinajstić information content (AvgIpc) is 2.61. The number of aromatic carboxylic acids is 1. The molecule has 17 heavy (non-hydrogen) atoms. The van der Waals surface area contributed by atoms with Crippen molar-refractivity contribution in [3.63, 3.8) is 0 Å². The van der Waals surface area contributed by atoms with E-state index in [0.717, 1.165) is 24.3 Å². The summed E-state index contributed by atoms with van der Waals surface area (Å²) in [5, 5.41) is 9.08. The second kappa shape index (κ2) is 6.61. The third-order valence-electron chi connectivity index (χ3n) is 2.24. The summed E-state index contributed by atoms with van der Waals surface area (Å²) in [6, 6.07) is 1.85. The Morgan fingerprint density at radius 2 is 2.24 bits per heavy atom. The van der Waals surface area contributed by atoms with Gasteiger partial charge in [0.05, 0.1) is 0 Å². The molecule has 0 aliphatic heterocycles. The fraction of sp³-hybridized carbons (Fsp3) is 0.583. The molecule has 0 amide bonds. The molecule has 0 fully saturated rings. The lowest BCUT2D eigenvalue weighted by Gasteiger charge is -2.10. The molecule has 96 valence electrons. The largest absolute Gasteiger partial charge is 0.490 e. The van der Waals surface area contributed by atoms with Crippen LogP contribution in [0.5, 0.6) is 5.75 Å². The van der Waals surface area contributed by atoms with Gasteiger partial charge in [-0.15, -0.1) is 11.3 Å². The zero-order chi connectivity index (χ0) is 12.8. The third kappa shape index (κ3) is 4.36. The number of thiophene rings is 1. The first kappa shape index (κ1) is 14.0. The van der Waals surface area contributed by atoms with Crippen molar-refractivity contribution in [3.05, 3.63) is 15.8 Å². The summed E-state index contributed by atoms with van der Waals surface area (Å²) < 4.78 is 5.52. The zero-order valence-electron chi connectivity index (χ0n) is 10.5. The van der Waals surface area contributed by atoms with E-state index in [1.807, 2.05) is 25.1 Å². The number of carboxylic acid groups (broad SMARTS) is 1. The Morgan fingerprint density at radius 3 is 2.76 bits per heavy atom. The van der Waals surface area contributed by atoms with Crippen LogP contribution in [0.4, 0.5) is 0 Å². The summed E-state index contributed by atoms with van der Waals surface area (Å²) >= 11 is 1.31. The molecule has 0 aliphatic rings. The van der Waals surface area contributed by atoms with Gasteiger partial charge in [-0.1, -0.05) is 13.3 Å². The summed E-state index contributed by atoms with van der Waals surface area (Å²) in [7, 11) is 3.91. The van der Waals surface area contributed by atoms with Gasteiger partial charge in [0.2, 0.25) is 0 Å². The molecule has 0 spiro atoms. The van der Waals surface area contributed by atoms with Crippen LogP contribution < -0.4 is 4.74 Å². The van der Waals surface area contributed by atoms with E-state index in [1.165, 1.54) is 11.3 Å². The van der Waals surface area contributed by atoms with Crippen molar-refractivity contribution < 1.29 is 14.6 Å². The number of carboxylic acids is 1. The maximum atomic E-state index is 11.1. The fourth-order valence-electron chi connectivity index (χ4n) is 1.39. The SMILES string of the molecule is CCCc1cc(OCCN(C)C)c(C(=O)O)s1. The van der Waals surface area contributed by atoms with Gasteiger partial charge in [0.1, 0.15) is 12.4 Å². The molecular formula is C12H19NO3S. The van der Waals surface area contributed by atoms with E-state index in [0.29, 0.717) is 17.2 Å². The summed E-state index contributed by atoms with van der Waals surface area (Å²) in [5.41, 5.74) is 0. The molecule has 0 saturated carbocycles. The van der Waals surface area contributed by atoms with Crippen molar-refractivity contribution >= 4 is 17.3 Å². The quantitative estimate of drug-likeness (QED) is 0.814. The normalized spacial score (nSPS) is 10.8. The van der Waals surface area contributed by atoms with Crippen LogP contribution in [0.1, 0.15) is 27.9 Å². The lowest BCUT2D eigenvalue weighted by atomic mass is 10.3. The number of ether oxygens (including phenoxy) is 1. The Hall–Kier alpha value is -1.07. The summed E-state index contributed by atoms with van der Waals surface area (Å²) in [4.78, 5) is 14.4. The van der Waals surface area contributed by atoms with E-state index in [1.54, 1.807) is 0 Å². The van der Waals surface area contributed by atoms with Crippen LogP contribution in [0.15, 0.2) is 6.07 Å². The van der Waals surface area contributed by atoms with E-state index in [2.05, 4.69) is 6.92 Å². The van der Waals surface area contributed by atoms with Crippen molar-refractivity contribution in [1.82, 2.24) is 4.90 Å². The fourth-order valence-corrected chi connectivity index (χ4v) is 2.43. The smallest absolute Gasteiger partial charge is 0.349 e. The van der Waals surface area contributed by atoms with Gasteiger partial charge in [0.25, 0.3) is 0 Å². The highest BCUT2D eigenvalue weighted by Crippen LogP contribution is 2.30. The highest BCUT2D eigenvalue weighted by atomic mass is 32.1. The molecule has 1 aromatic rings. The van der Waals surface area contributed by atoms with Gasteiger partial charge in [-0.05, 0) is 26.6 Å². The average molecular weight is 257 g/mol. The Labute approximate surface area is 106 Å². The maximum Gasteiger partial charge on any atom is 0.349 e. The molecule has 0 aromatic carbocycles. The van der Waals surface area contributed by atoms with Gasteiger partial charge in [-0.2, -0.15) is 0 Å². The van der Waals surface area contributed by atoms with Crippen LogP contribution in [0.2, 0.25) is 0 Å². The number of hydrogen-bond acceptors (Lipinski definition) is 4. The molecule has 0 unspecified atom stereocenters. The highest BCUT2D eigenvalue weighted by Gasteiger charge is 2.16. The van der Waals surface area contributed by atoms with Gasteiger partial charge in [0, 0.05) is 11.4 Å². The minimum Gasteiger partial charge on any atom is -0.490 e. The van der Waals surface area contributed by atoms with Crippen LogP contribution in [0.3, 0.4) is 0 Å². The Kier molecular flexibility index (Phi) is 5.44. The van der Waals surface area contributed by atoms with Crippen molar-refractivity contribution in [2.75, 3.05) is 27.2 Å². The summed E-state index contributed by atoms with van der Waals surface area (Å²) in [6.07, 6.45) is 1.92. The van der Waals surface area contributed by atoms with Gasteiger partial charge < -0.3 is 14.7 Å². The van der Waals surface area contributed by atoms with Crippen molar-refractivity contribution in [1.29, 1.82) is 0 Å². The summed E-state index contributed by atoms with van der Waals surface area (Å²) in [6.45, 7) is 3.36. The predicted octanol–water partition coefficient (Wildman–Crippen LogP) is 2.34. The molecule has 0 bridgehead atoms. The van der Waals surface area contributed by atoms with E-state index >= 15 is 0 Å². The van der Waals surface area contributed by atoms with Gasteiger partial charge in [0.15, 0.2) is 4.88 Å².